The molecular formula is C36H28Cr2F8O10. The maximum Gasteiger partial charge on any atom is 2.00 e. The molecule has 0 amide bonds. The Hall–Kier alpha value is -4.82. The molecular weight excluding hydrogens is 848 g/mol. The fraction of sp³-hybridized carbons (Fsp3) is 0.222. The van der Waals surface area contributed by atoms with E-state index in [4.69, 9.17) is 9.47 Å². The van der Waals surface area contributed by atoms with E-state index in [0.717, 1.165) is 99.2 Å². The van der Waals surface area contributed by atoms with Gasteiger partial charge in [0.05, 0.1) is 23.9 Å². The first-order chi connectivity index (χ1) is 25.5. The van der Waals surface area contributed by atoms with Gasteiger partial charge in [0.25, 0.3) is 0 Å². The molecule has 300 valence electrons. The number of carboxylic acids is 4. The summed E-state index contributed by atoms with van der Waals surface area (Å²) in [5, 5.41) is 40.2. The molecule has 0 bridgehead atoms. The van der Waals surface area contributed by atoms with Gasteiger partial charge in [-0.05, 0) is 74.2 Å². The molecule has 2 aliphatic heterocycles. The van der Waals surface area contributed by atoms with Crippen LogP contribution in [0.25, 0.3) is 0 Å². The fourth-order valence-corrected chi connectivity index (χ4v) is 3.67. The van der Waals surface area contributed by atoms with E-state index >= 15 is 0 Å². The summed E-state index contributed by atoms with van der Waals surface area (Å²) in [4.78, 5) is 40.2. The number of aromatic carboxylic acids is 4. The molecule has 0 spiro atoms. The first-order valence-electron chi connectivity index (χ1n) is 15.3. The van der Waals surface area contributed by atoms with Crippen LogP contribution in [0.4, 0.5) is 35.1 Å². The third-order valence-electron chi connectivity index (χ3n) is 6.34. The van der Waals surface area contributed by atoms with Crippen molar-refractivity contribution < 1.29 is 119 Å². The van der Waals surface area contributed by atoms with Crippen LogP contribution in [0.3, 0.4) is 0 Å². The molecule has 6 rings (SSSR count). The van der Waals surface area contributed by atoms with Gasteiger partial charge in [-0.25, -0.2) is 35.1 Å². The minimum absolute atomic E-state index is 0. The van der Waals surface area contributed by atoms with Crippen LogP contribution >= 0.6 is 0 Å². The van der Waals surface area contributed by atoms with Gasteiger partial charge in [-0.15, -0.1) is 0 Å². The molecule has 0 unspecified atom stereocenters. The van der Waals surface area contributed by atoms with Crippen LogP contribution in [-0.4, -0.2) is 50.3 Å². The van der Waals surface area contributed by atoms with Gasteiger partial charge >= 0.3 is 34.7 Å². The molecule has 0 radical (unpaired) electrons. The van der Waals surface area contributed by atoms with Gasteiger partial charge in [-0.1, -0.05) is 24.3 Å². The molecule has 0 atom stereocenters. The molecule has 0 aliphatic carbocycles. The Morgan fingerprint density at radius 1 is 0.375 bits per heavy atom. The summed E-state index contributed by atoms with van der Waals surface area (Å²) in [7, 11) is 0. The van der Waals surface area contributed by atoms with Crippen LogP contribution in [0.15, 0.2) is 72.8 Å². The molecule has 2 aliphatic rings. The first-order valence-corrected chi connectivity index (χ1v) is 15.3. The summed E-state index contributed by atoms with van der Waals surface area (Å²) in [6.07, 6.45) is 5.11. The van der Waals surface area contributed by atoms with E-state index < -0.39 is 92.7 Å². The zero-order valence-corrected chi connectivity index (χ0v) is 31.1. The van der Waals surface area contributed by atoms with Crippen molar-refractivity contribution >= 4 is 23.9 Å². The molecule has 2 saturated heterocycles. The number of ether oxygens (including phenoxy) is 2. The first kappa shape index (κ1) is 53.3. The van der Waals surface area contributed by atoms with E-state index in [0.29, 0.717) is 0 Å². The van der Waals surface area contributed by atoms with Crippen LogP contribution in [0.5, 0.6) is 0 Å². The molecule has 56 heavy (non-hydrogen) atoms. The van der Waals surface area contributed by atoms with Crippen molar-refractivity contribution in [3.63, 3.8) is 0 Å². The largest absolute Gasteiger partial charge is 2.00 e. The molecule has 0 saturated carbocycles. The van der Waals surface area contributed by atoms with E-state index in [1.165, 1.54) is 25.7 Å². The molecule has 0 aromatic heterocycles. The summed E-state index contributed by atoms with van der Waals surface area (Å²) < 4.78 is 109. The number of hydrogen-bond donors (Lipinski definition) is 0. The monoisotopic (exact) mass is 876 g/mol. The second kappa shape index (κ2) is 28.6. The molecule has 10 nitrogen and oxygen atoms in total. The summed E-state index contributed by atoms with van der Waals surface area (Å²) in [6.45, 7) is 4.00. The number of hydrogen-bond acceptors (Lipinski definition) is 10. The van der Waals surface area contributed by atoms with Crippen molar-refractivity contribution in [2.75, 3.05) is 26.4 Å². The molecule has 2 fully saturated rings. The van der Waals surface area contributed by atoms with Crippen LogP contribution in [0.2, 0.25) is 0 Å². The topological polar surface area (TPSA) is 179 Å². The fourth-order valence-electron chi connectivity index (χ4n) is 3.67. The minimum atomic E-state index is -1.72. The van der Waals surface area contributed by atoms with Crippen molar-refractivity contribution in [1.29, 1.82) is 0 Å². The summed E-state index contributed by atoms with van der Waals surface area (Å²) >= 11 is 0. The Morgan fingerprint density at radius 3 is 0.661 bits per heavy atom. The average Bonchev–Trinajstić information content (AvgIpc) is 3.91. The van der Waals surface area contributed by atoms with Crippen molar-refractivity contribution in [2.45, 2.75) is 25.7 Å². The molecule has 0 N–H and O–H groups in total. The minimum Gasteiger partial charge on any atom is -0.545 e. The van der Waals surface area contributed by atoms with Crippen LogP contribution in [-0.2, 0) is 44.2 Å². The molecule has 2 heterocycles. The Bertz CT molecular complexity index is 1590. The van der Waals surface area contributed by atoms with Gasteiger partial charge < -0.3 is 49.1 Å². The third kappa shape index (κ3) is 19.2. The second-order valence-electron chi connectivity index (χ2n) is 10.2. The van der Waals surface area contributed by atoms with Crippen molar-refractivity contribution in [2.24, 2.45) is 0 Å². The van der Waals surface area contributed by atoms with Gasteiger partial charge in [0, 0.05) is 48.7 Å². The van der Waals surface area contributed by atoms with Crippen molar-refractivity contribution in [1.82, 2.24) is 0 Å². The Labute approximate surface area is 335 Å². The molecule has 20 heteroatoms. The SMILES string of the molecule is C1CCOC1.C1CCOC1.O=C([O-])c1cccc(F)c1F.O=C([O-])c1cccc(F)c1F.O=C([O-])c1cccc(F)c1F.O=C([O-])c1cccc(F)c1F.[Cr+2].[Cr+2]. The smallest absolute Gasteiger partial charge is 0.545 e. The summed E-state index contributed by atoms with van der Waals surface area (Å²) in [6, 6.07) is 11.5. The van der Waals surface area contributed by atoms with E-state index in [-0.39, 0.29) is 34.7 Å². The van der Waals surface area contributed by atoms with Crippen LogP contribution < -0.4 is 20.4 Å². The van der Waals surface area contributed by atoms with E-state index in [1.54, 1.807) is 0 Å². The van der Waals surface area contributed by atoms with Crippen molar-refractivity contribution in [3.05, 3.63) is 142 Å². The van der Waals surface area contributed by atoms with Gasteiger partial charge in [0.15, 0.2) is 46.5 Å². The predicted molar refractivity (Wildman–Crippen MR) is 163 cm³/mol. The standard InChI is InChI=1S/4C7H4F2O2.2C4H8O.2Cr/c4*8-5-3-1-2-4(6(5)9)7(10)11;2*1-2-4-5-3-1;;/h4*1-3H,(H,10,11);2*1-4H2;;/q;;;;;;2*+2/p-4. The second-order valence-corrected chi connectivity index (χ2v) is 10.2. The Balaban J connectivity index is 0. The number of carbonyl (C=O) groups excluding carboxylic acids is 4. The normalized spacial score (nSPS) is 11.9. The zero-order valence-electron chi connectivity index (χ0n) is 28.5. The Morgan fingerprint density at radius 2 is 0.554 bits per heavy atom. The Kier molecular flexibility index (Phi) is 27.2. The molecule has 4 aromatic carbocycles. The van der Waals surface area contributed by atoms with Gasteiger partial charge in [-0.2, -0.15) is 0 Å². The summed E-state index contributed by atoms with van der Waals surface area (Å²) in [5.41, 5.74) is -3.04. The predicted octanol–water partition coefficient (Wildman–Crippen LogP) is 2.90. The average molecular weight is 877 g/mol. The number of carbonyl (C=O) groups is 4. The third-order valence-corrected chi connectivity index (χ3v) is 6.34. The van der Waals surface area contributed by atoms with Crippen LogP contribution in [0.1, 0.15) is 67.1 Å². The maximum atomic E-state index is 12.5. The van der Waals surface area contributed by atoms with E-state index in [2.05, 4.69) is 0 Å². The van der Waals surface area contributed by atoms with E-state index in [9.17, 15) is 74.7 Å². The number of rotatable bonds is 4. The van der Waals surface area contributed by atoms with Crippen LogP contribution in [0, 0.1) is 46.5 Å². The number of carboxylic acid groups (broad SMARTS) is 4. The molecule has 4 aromatic rings. The van der Waals surface area contributed by atoms with Crippen molar-refractivity contribution in [3.8, 4) is 0 Å². The van der Waals surface area contributed by atoms with E-state index in [1.807, 2.05) is 0 Å². The summed E-state index contributed by atoms with van der Waals surface area (Å²) in [5.74, 6) is -17.2. The zero-order chi connectivity index (χ0) is 40.8. The van der Waals surface area contributed by atoms with Gasteiger partial charge in [-0.3, -0.25) is 0 Å². The number of benzene rings is 4. The quantitative estimate of drug-likeness (QED) is 0.277. The maximum absolute atomic E-state index is 12.5. The number of halogens is 8. The van der Waals surface area contributed by atoms with Gasteiger partial charge in [0.1, 0.15) is 0 Å². The van der Waals surface area contributed by atoms with Gasteiger partial charge in [0.2, 0.25) is 0 Å².